The number of rotatable bonds is 3. The molecule has 1 N–H and O–H groups in total. The summed E-state index contributed by atoms with van der Waals surface area (Å²) >= 11 is -1.65. The highest BCUT2D eigenvalue weighted by Crippen LogP contribution is 2.32. The van der Waals surface area contributed by atoms with Gasteiger partial charge in [-0.3, -0.25) is 0 Å². The Balaban J connectivity index is 2.22. The van der Waals surface area contributed by atoms with Crippen molar-refractivity contribution in [2.75, 3.05) is 5.32 Å². The van der Waals surface area contributed by atoms with Crippen LogP contribution < -0.4 is 5.32 Å². The molecule has 0 aliphatic carbocycles. The van der Waals surface area contributed by atoms with E-state index in [1.165, 1.54) is 12.1 Å². The summed E-state index contributed by atoms with van der Waals surface area (Å²) in [5.41, 5.74) is -0.0431. The van der Waals surface area contributed by atoms with Crippen molar-refractivity contribution >= 4 is 16.9 Å². The monoisotopic (exact) mass is 341 g/mol. The van der Waals surface area contributed by atoms with Crippen LogP contribution in [0.3, 0.4) is 0 Å². The van der Waals surface area contributed by atoms with Crippen molar-refractivity contribution in [3.05, 3.63) is 54.1 Å². The van der Waals surface area contributed by atoms with Crippen molar-refractivity contribution in [3.8, 4) is 0 Å². The van der Waals surface area contributed by atoms with Gasteiger partial charge in [-0.15, -0.1) is 0 Å². The first kappa shape index (κ1) is 17.7. The lowest BCUT2D eigenvalue weighted by Crippen LogP contribution is -2.25. The molecule has 2 rings (SSSR count). The van der Waals surface area contributed by atoms with Gasteiger partial charge in [0.25, 0.3) is 0 Å². The number of alkyl halides is 3. The van der Waals surface area contributed by atoms with E-state index in [1.807, 2.05) is 20.8 Å². The smallest absolute Gasteiger partial charge is 0.416 e. The third kappa shape index (κ3) is 4.91. The van der Waals surface area contributed by atoms with Crippen LogP contribution in [0.1, 0.15) is 26.3 Å². The molecule has 0 amide bonds. The average Bonchev–Trinajstić information content (AvgIpc) is 2.45. The molecule has 2 nitrogen and oxygen atoms in total. The van der Waals surface area contributed by atoms with Gasteiger partial charge in [-0.2, -0.15) is 13.2 Å². The summed E-state index contributed by atoms with van der Waals surface area (Å²) in [6, 6.07) is 11.5. The molecular weight excluding hydrogens is 323 g/mol. The Morgan fingerprint density at radius 3 is 2.04 bits per heavy atom. The molecule has 0 aliphatic rings. The van der Waals surface area contributed by atoms with Gasteiger partial charge in [-0.05, 0) is 57.2 Å². The Morgan fingerprint density at radius 1 is 0.913 bits per heavy atom. The maximum absolute atomic E-state index is 12.7. The first-order valence-electron chi connectivity index (χ1n) is 7.03. The fourth-order valence-corrected chi connectivity index (χ4v) is 3.11. The molecule has 2 aromatic carbocycles. The van der Waals surface area contributed by atoms with E-state index in [0.717, 1.165) is 17.8 Å². The van der Waals surface area contributed by atoms with Crippen LogP contribution in [-0.2, 0) is 17.4 Å². The lowest BCUT2D eigenvalue weighted by Gasteiger charge is -2.22. The van der Waals surface area contributed by atoms with Gasteiger partial charge >= 0.3 is 6.18 Å². The van der Waals surface area contributed by atoms with Crippen LogP contribution in [0.15, 0.2) is 58.3 Å². The Bertz CT molecular complexity index is 663. The van der Waals surface area contributed by atoms with Crippen molar-refractivity contribution in [2.45, 2.75) is 42.3 Å². The lowest BCUT2D eigenvalue weighted by molar-refractivity contribution is -0.137. The van der Waals surface area contributed by atoms with Crippen LogP contribution in [-0.4, -0.2) is 10.1 Å². The van der Waals surface area contributed by atoms with Crippen molar-refractivity contribution < 1.29 is 17.7 Å². The highest BCUT2D eigenvalue weighted by molar-refractivity contribution is 7.91. The van der Waals surface area contributed by atoms with Gasteiger partial charge in [-0.1, -0.05) is 6.07 Å². The van der Waals surface area contributed by atoms with Gasteiger partial charge < -0.3 is 9.87 Å². The first-order valence-corrected chi connectivity index (χ1v) is 8.18. The van der Waals surface area contributed by atoms with E-state index in [2.05, 4.69) is 5.32 Å². The first-order chi connectivity index (χ1) is 10.6. The van der Waals surface area contributed by atoms with Crippen LogP contribution >= 0.6 is 0 Å². The predicted molar refractivity (Wildman–Crippen MR) is 85.9 cm³/mol. The molecule has 1 atom stereocenters. The third-order valence-electron chi connectivity index (χ3n) is 2.96. The Labute approximate surface area is 136 Å². The number of anilines is 1. The summed E-state index contributed by atoms with van der Waals surface area (Å²) in [6.07, 6.45) is -4.44. The molecule has 0 bridgehead atoms. The van der Waals surface area contributed by atoms with Gasteiger partial charge in [0.15, 0.2) is 9.79 Å². The summed E-state index contributed by atoms with van der Waals surface area (Å²) in [7, 11) is 0. The number of benzene rings is 2. The second kappa shape index (κ2) is 6.45. The van der Waals surface area contributed by atoms with E-state index in [4.69, 9.17) is 0 Å². The van der Waals surface area contributed by atoms with E-state index in [9.17, 15) is 17.7 Å². The minimum absolute atomic E-state index is 0.109. The van der Waals surface area contributed by atoms with Crippen LogP contribution in [0.4, 0.5) is 18.9 Å². The molecule has 6 heteroatoms. The van der Waals surface area contributed by atoms with Crippen molar-refractivity contribution in [3.63, 3.8) is 0 Å². The zero-order valence-electron chi connectivity index (χ0n) is 13.1. The van der Waals surface area contributed by atoms with Crippen LogP contribution in [0, 0.1) is 0 Å². The summed E-state index contributed by atoms with van der Waals surface area (Å²) < 4.78 is 50.7. The van der Waals surface area contributed by atoms with Gasteiger partial charge in [0.2, 0.25) is 0 Å². The van der Waals surface area contributed by atoms with Gasteiger partial charge in [0.05, 0.1) is 5.56 Å². The zero-order valence-corrected chi connectivity index (χ0v) is 13.9. The molecular formula is C17H18F3NOS. The van der Waals surface area contributed by atoms with Crippen LogP contribution in [0.25, 0.3) is 0 Å². The van der Waals surface area contributed by atoms with Crippen molar-refractivity contribution in [1.29, 1.82) is 0 Å². The zero-order chi connectivity index (χ0) is 17.3. The molecule has 0 aromatic heterocycles. The number of halogens is 3. The van der Waals surface area contributed by atoms with Gasteiger partial charge in [0.1, 0.15) is 0 Å². The van der Waals surface area contributed by atoms with Crippen LogP contribution in [0.5, 0.6) is 0 Å². The minimum atomic E-state index is -4.44. The molecule has 1 unspecified atom stereocenters. The molecule has 0 heterocycles. The normalized spacial score (nSPS) is 13.7. The highest BCUT2D eigenvalue weighted by Gasteiger charge is 2.32. The fraction of sp³-hybridized carbons (Fsp3) is 0.294. The van der Waals surface area contributed by atoms with Crippen molar-refractivity contribution in [1.82, 2.24) is 0 Å². The standard InChI is InChI=1S/C17H18F3NOS/c1-16(2,3)21-13-7-9-14(10-8-13)23(22)15-6-4-5-12(11-15)17(18,19)20/h4-11,21H,1-3H3. The topological polar surface area (TPSA) is 35.1 Å². The van der Waals surface area contributed by atoms with Gasteiger partial charge in [0, 0.05) is 28.5 Å². The second-order valence-electron chi connectivity index (χ2n) is 6.19. The lowest BCUT2D eigenvalue weighted by atomic mass is 10.1. The maximum Gasteiger partial charge on any atom is 0.416 e. The van der Waals surface area contributed by atoms with E-state index in [0.29, 0.717) is 4.90 Å². The van der Waals surface area contributed by atoms with Crippen molar-refractivity contribution in [2.24, 2.45) is 0 Å². The quantitative estimate of drug-likeness (QED) is 0.790. The number of hydrogen-bond donors (Lipinski definition) is 1. The Kier molecular flexibility index (Phi) is 4.96. The molecule has 0 spiro atoms. The number of hydrogen-bond acceptors (Lipinski definition) is 2. The Hall–Kier alpha value is -1.66. The molecule has 0 aliphatic heterocycles. The molecule has 2 aromatic rings. The fourth-order valence-electron chi connectivity index (χ4n) is 2.02. The predicted octanol–water partition coefficient (Wildman–Crippen LogP) is 5.08. The SMILES string of the molecule is CC(C)(C)Nc1ccc([S+]([O-])c2cccc(C(F)(F)F)c2)cc1. The molecule has 0 saturated heterocycles. The Morgan fingerprint density at radius 2 is 1.52 bits per heavy atom. The summed E-state index contributed by atoms with van der Waals surface area (Å²) in [6.45, 7) is 6.05. The van der Waals surface area contributed by atoms with Crippen LogP contribution in [0.2, 0.25) is 0 Å². The summed E-state index contributed by atoms with van der Waals surface area (Å²) in [5.74, 6) is 0. The molecule has 0 radical (unpaired) electrons. The average molecular weight is 341 g/mol. The van der Waals surface area contributed by atoms with Gasteiger partial charge in [-0.25, -0.2) is 0 Å². The minimum Gasteiger partial charge on any atom is -0.606 e. The van der Waals surface area contributed by atoms with E-state index >= 15 is 0 Å². The summed E-state index contributed by atoms with van der Waals surface area (Å²) in [5, 5.41) is 3.27. The molecule has 124 valence electrons. The highest BCUT2D eigenvalue weighted by atomic mass is 32.2. The molecule has 23 heavy (non-hydrogen) atoms. The maximum atomic E-state index is 12.7. The number of nitrogens with one attached hydrogen (secondary N) is 1. The molecule has 0 saturated carbocycles. The third-order valence-corrected chi connectivity index (χ3v) is 4.35. The largest absolute Gasteiger partial charge is 0.606 e. The second-order valence-corrected chi connectivity index (χ2v) is 7.67. The van der Waals surface area contributed by atoms with E-state index in [-0.39, 0.29) is 10.4 Å². The van der Waals surface area contributed by atoms with E-state index in [1.54, 1.807) is 24.3 Å². The summed E-state index contributed by atoms with van der Waals surface area (Å²) in [4.78, 5) is 0.597. The molecule has 0 fully saturated rings. The van der Waals surface area contributed by atoms with E-state index < -0.39 is 22.9 Å².